The van der Waals surface area contributed by atoms with E-state index in [9.17, 15) is 4.79 Å². The minimum Gasteiger partial charge on any atom is -0.325 e. The van der Waals surface area contributed by atoms with Crippen LogP contribution < -0.4 is 10.2 Å². The molecule has 1 heterocycles. The zero-order valence-corrected chi connectivity index (χ0v) is 12.9. The Hall–Kier alpha value is -1.35. The van der Waals surface area contributed by atoms with Gasteiger partial charge in [0.05, 0.1) is 13.1 Å². The monoisotopic (exact) mass is 275 g/mol. The Labute approximate surface area is 122 Å². The van der Waals surface area contributed by atoms with E-state index in [1.165, 1.54) is 23.3 Å². The van der Waals surface area contributed by atoms with Crippen LogP contribution in [0.4, 0.5) is 5.69 Å². The van der Waals surface area contributed by atoms with Gasteiger partial charge in [0.15, 0.2) is 6.04 Å². The Kier molecular flexibility index (Phi) is 5.18. The van der Waals surface area contributed by atoms with E-state index >= 15 is 0 Å². The van der Waals surface area contributed by atoms with Crippen molar-refractivity contribution in [2.45, 2.75) is 46.1 Å². The second kappa shape index (κ2) is 6.89. The van der Waals surface area contributed by atoms with Gasteiger partial charge in [-0.25, -0.2) is 0 Å². The van der Waals surface area contributed by atoms with Crippen molar-refractivity contribution in [3.05, 3.63) is 29.8 Å². The van der Waals surface area contributed by atoms with E-state index in [1.54, 1.807) is 0 Å². The van der Waals surface area contributed by atoms with Crippen LogP contribution in [0.2, 0.25) is 0 Å². The second-order valence-corrected chi connectivity index (χ2v) is 6.12. The van der Waals surface area contributed by atoms with Gasteiger partial charge in [0, 0.05) is 11.6 Å². The molecule has 1 unspecified atom stereocenters. The maximum atomic E-state index is 12.3. The summed E-state index contributed by atoms with van der Waals surface area (Å²) in [5.41, 5.74) is 2.20. The van der Waals surface area contributed by atoms with Gasteiger partial charge in [-0.1, -0.05) is 26.0 Å². The minimum absolute atomic E-state index is 0.0311. The summed E-state index contributed by atoms with van der Waals surface area (Å²) in [6, 6.07) is 8.19. The van der Waals surface area contributed by atoms with E-state index < -0.39 is 0 Å². The Balaban J connectivity index is 1.92. The zero-order valence-electron chi connectivity index (χ0n) is 12.9. The normalized spacial score (nSPS) is 24.1. The van der Waals surface area contributed by atoms with Crippen LogP contribution in [0.3, 0.4) is 0 Å². The number of nitrogens with one attached hydrogen (secondary N) is 2. The first kappa shape index (κ1) is 15.0. The number of amides is 1. The van der Waals surface area contributed by atoms with Crippen LogP contribution in [0.25, 0.3) is 0 Å². The fraction of sp³-hybridized carbons (Fsp3) is 0.588. The van der Waals surface area contributed by atoms with Crippen LogP contribution in [0.5, 0.6) is 0 Å². The summed E-state index contributed by atoms with van der Waals surface area (Å²) in [6.45, 7) is 8.70. The molecule has 1 aliphatic heterocycles. The summed E-state index contributed by atoms with van der Waals surface area (Å²) in [5.74, 6) is 0.871. The van der Waals surface area contributed by atoms with Gasteiger partial charge >= 0.3 is 0 Å². The predicted molar refractivity (Wildman–Crippen MR) is 83.0 cm³/mol. The molecule has 0 bridgehead atoms. The quantitative estimate of drug-likeness (QED) is 0.864. The van der Waals surface area contributed by atoms with Crippen molar-refractivity contribution in [2.24, 2.45) is 5.92 Å². The summed E-state index contributed by atoms with van der Waals surface area (Å²) < 4.78 is 0. The van der Waals surface area contributed by atoms with E-state index in [4.69, 9.17) is 0 Å². The van der Waals surface area contributed by atoms with Gasteiger partial charge in [-0.3, -0.25) is 4.79 Å². The van der Waals surface area contributed by atoms with Crippen LogP contribution in [0, 0.1) is 5.92 Å². The minimum atomic E-state index is 0.0311. The van der Waals surface area contributed by atoms with Gasteiger partial charge in [0.25, 0.3) is 5.91 Å². The molecule has 0 radical (unpaired) electrons. The molecule has 1 aromatic rings. The van der Waals surface area contributed by atoms with Gasteiger partial charge in [-0.05, 0) is 43.9 Å². The topological polar surface area (TPSA) is 33.5 Å². The Morgan fingerprint density at radius 3 is 2.70 bits per heavy atom. The fourth-order valence-electron chi connectivity index (χ4n) is 2.98. The molecule has 3 atom stereocenters. The van der Waals surface area contributed by atoms with E-state index in [-0.39, 0.29) is 11.9 Å². The van der Waals surface area contributed by atoms with Crippen molar-refractivity contribution in [1.29, 1.82) is 0 Å². The molecule has 1 aliphatic rings. The highest BCUT2D eigenvalue weighted by Crippen LogP contribution is 2.10. The van der Waals surface area contributed by atoms with E-state index in [0.717, 1.165) is 31.1 Å². The second-order valence-electron chi connectivity index (χ2n) is 6.12. The first-order chi connectivity index (χ1) is 9.60. The maximum absolute atomic E-state index is 12.3. The molecule has 0 saturated carbocycles. The molecular weight excluding hydrogens is 248 g/mol. The Morgan fingerprint density at radius 1 is 1.40 bits per heavy atom. The third-order valence-electron chi connectivity index (χ3n) is 4.44. The first-order valence-electron chi connectivity index (χ1n) is 7.84. The number of hydrogen-bond donors (Lipinski definition) is 2. The molecule has 2 N–H and O–H groups in total. The van der Waals surface area contributed by atoms with Crippen LogP contribution in [-0.2, 0) is 11.2 Å². The lowest BCUT2D eigenvalue weighted by molar-refractivity contribution is -0.922. The SMILES string of the molecule is CCc1ccc(NC(=O)[C@H](C)[NH+]2CCC[C@H](C)C2)cc1. The number of carbonyl (C=O) groups is 1. The van der Waals surface area contributed by atoms with Crippen molar-refractivity contribution in [3.63, 3.8) is 0 Å². The summed E-state index contributed by atoms with van der Waals surface area (Å²) in [6.07, 6.45) is 3.57. The molecule has 3 nitrogen and oxygen atoms in total. The number of quaternary nitrogens is 1. The molecule has 1 aromatic carbocycles. The molecule has 1 amide bonds. The average Bonchev–Trinajstić information content (AvgIpc) is 2.47. The largest absolute Gasteiger partial charge is 0.325 e. The lowest BCUT2D eigenvalue weighted by Gasteiger charge is -2.31. The molecule has 110 valence electrons. The molecule has 3 heteroatoms. The number of benzene rings is 1. The molecule has 1 fully saturated rings. The fourth-order valence-corrected chi connectivity index (χ4v) is 2.98. The number of aryl methyl sites for hydroxylation is 1. The third-order valence-corrected chi connectivity index (χ3v) is 4.44. The van der Waals surface area contributed by atoms with Crippen molar-refractivity contribution in [3.8, 4) is 0 Å². The van der Waals surface area contributed by atoms with Crippen molar-refractivity contribution < 1.29 is 9.69 Å². The summed E-state index contributed by atoms with van der Waals surface area (Å²) in [4.78, 5) is 13.8. The first-order valence-corrected chi connectivity index (χ1v) is 7.84. The van der Waals surface area contributed by atoms with E-state index in [2.05, 4.69) is 31.3 Å². The summed E-state index contributed by atoms with van der Waals surface area (Å²) in [5, 5.41) is 3.05. The number of carbonyl (C=O) groups excluding carboxylic acids is 1. The van der Waals surface area contributed by atoms with Crippen LogP contribution >= 0.6 is 0 Å². The number of hydrogen-bond acceptors (Lipinski definition) is 1. The highest BCUT2D eigenvalue weighted by Gasteiger charge is 2.29. The Morgan fingerprint density at radius 2 is 2.10 bits per heavy atom. The van der Waals surface area contributed by atoms with Crippen LogP contribution in [0.15, 0.2) is 24.3 Å². The number of piperidine rings is 1. The molecule has 2 rings (SSSR count). The van der Waals surface area contributed by atoms with Crippen molar-refractivity contribution in [1.82, 2.24) is 0 Å². The highest BCUT2D eigenvalue weighted by molar-refractivity contribution is 5.93. The lowest BCUT2D eigenvalue weighted by Crippen LogP contribution is -3.17. The predicted octanol–water partition coefficient (Wildman–Crippen LogP) is 1.89. The maximum Gasteiger partial charge on any atom is 0.282 e. The molecule has 0 spiro atoms. The van der Waals surface area contributed by atoms with E-state index in [0.29, 0.717) is 0 Å². The molecule has 0 aliphatic carbocycles. The summed E-state index contributed by atoms with van der Waals surface area (Å²) >= 11 is 0. The summed E-state index contributed by atoms with van der Waals surface area (Å²) in [7, 11) is 0. The smallest absolute Gasteiger partial charge is 0.282 e. The van der Waals surface area contributed by atoms with Crippen LogP contribution in [-0.4, -0.2) is 25.0 Å². The molecule has 1 saturated heterocycles. The number of likely N-dealkylation sites (tertiary alicyclic amines) is 1. The average molecular weight is 275 g/mol. The van der Waals surface area contributed by atoms with Gasteiger partial charge < -0.3 is 10.2 Å². The van der Waals surface area contributed by atoms with E-state index in [1.807, 2.05) is 19.1 Å². The molecular formula is C17H27N2O+. The van der Waals surface area contributed by atoms with Crippen LogP contribution in [0.1, 0.15) is 39.2 Å². The zero-order chi connectivity index (χ0) is 14.5. The van der Waals surface area contributed by atoms with Crippen molar-refractivity contribution >= 4 is 11.6 Å². The number of rotatable bonds is 4. The Bertz CT molecular complexity index is 441. The van der Waals surface area contributed by atoms with Gasteiger partial charge in [0.2, 0.25) is 0 Å². The van der Waals surface area contributed by atoms with Gasteiger partial charge in [-0.15, -0.1) is 0 Å². The highest BCUT2D eigenvalue weighted by atomic mass is 16.2. The molecule has 0 aromatic heterocycles. The number of anilines is 1. The standard InChI is InChI=1S/C17H26N2O/c1-4-15-7-9-16(10-8-15)18-17(20)14(3)19-11-5-6-13(2)12-19/h7-10,13-14H,4-6,11-12H2,1-3H3,(H,18,20)/p+1/t13-,14-/m0/s1. The lowest BCUT2D eigenvalue weighted by atomic mass is 9.99. The van der Waals surface area contributed by atoms with Crippen molar-refractivity contribution in [2.75, 3.05) is 18.4 Å². The van der Waals surface area contributed by atoms with Gasteiger partial charge in [-0.2, -0.15) is 0 Å². The molecule has 20 heavy (non-hydrogen) atoms. The third kappa shape index (κ3) is 3.83. The van der Waals surface area contributed by atoms with Gasteiger partial charge in [0.1, 0.15) is 0 Å².